The maximum atomic E-state index is 6.01. The Hall–Kier alpha value is -2.29. The maximum Gasteiger partial charge on any atom is 0.193 e. The van der Waals surface area contributed by atoms with Crippen molar-refractivity contribution in [3.63, 3.8) is 0 Å². The second kappa shape index (κ2) is 4.37. The first-order valence-corrected chi connectivity index (χ1v) is 7.06. The van der Waals surface area contributed by atoms with E-state index in [-0.39, 0.29) is 0 Å². The molecule has 20 heavy (non-hydrogen) atoms. The number of hydrogen-bond donors (Lipinski definition) is 2. The molecule has 0 heterocycles. The smallest absolute Gasteiger partial charge is 0.193 e. The summed E-state index contributed by atoms with van der Waals surface area (Å²) in [4.78, 5) is 4.65. The van der Waals surface area contributed by atoms with Gasteiger partial charge in [0.25, 0.3) is 0 Å². The van der Waals surface area contributed by atoms with E-state index in [9.17, 15) is 0 Å². The molecule has 0 spiro atoms. The predicted molar refractivity (Wildman–Crippen MR) is 81.9 cm³/mol. The molecule has 1 saturated carbocycles. The van der Waals surface area contributed by atoms with Crippen LogP contribution in [0.5, 0.6) is 0 Å². The standard InChI is InChI=1S/C17H17N3/c18-17(19-12-7-2-1-3-8-12)20-16-14-10-11-6-4-5-9-13(11)15(14)16/h1-9,14-16H,10H2,(H3,18,19,20). The molecule has 0 saturated heterocycles. The second-order valence-corrected chi connectivity index (χ2v) is 5.59. The lowest BCUT2D eigenvalue weighted by molar-refractivity contribution is 0.801. The molecule has 2 aliphatic rings. The highest BCUT2D eigenvalue weighted by Gasteiger charge is 2.55. The van der Waals surface area contributed by atoms with Crippen molar-refractivity contribution in [1.82, 2.24) is 0 Å². The molecule has 0 bridgehead atoms. The molecule has 2 aliphatic carbocycles. The number of guanidine groups is 1. The Kier molecular flexibility index (Phi) is 2.52. The van der Waals surface area contributed by atoms with Gasteiger partial charge < -0.3 is 11.1 Å². The van der Waals surface area contributed by atoms with Crippen molar-refractivity contribution in [3.8, 4) is 0 Å². The SMILES string of the molecule is NC(=NC1C2Cc3ccccc3C21)Nc1ccccc1. The number of aliphatic imine (C=N–C) groups is 1. The van der Waals surface area contributed by atoms with Crippen molar-refractivity contribution >= 4 is 11.6 Å². The maximum absolute atomic E-state index is 6.01. The van der Waals surface area contributed by atoms with Crippen LogP contribution in [0.1, 0.15) is 17.0 Å². The number of nitrogens with two attached hydrogens (primary N) is 1. The second-order valence-electron chi connectivity index (χ2n) is 5.59. The quantitative estimate of drug-likeness (QED) is 0.646. The minimum Gasteiger partial charge on any atom is -0.370 e. The number of para-hydroxylation sites is 1. The van der Waals surface area contributed by atoms with Crippen LogP contribution in [0.15, 0.2) is 59.6 Å². The van der Waals surface area contributed by atoms with E-state index in [1.165, 1.54) is 11.1 Å². The number of nitrogens with zero attached hydrogens (tertiary/aromatic N) is 1. The Balaban J connectivity index is 1.48. The summed E-state index contributed by atoms with van der Waals surface area (Å²) in [6, 6.07) is 19.0. The lowest BCUT2D eigenvalue weighted by Crippen LogP contribution is -2.23. The van der Waals surface area contributed by atoms with Gasteiger partial charge in [-0.2, -0.15) is 0 Å². The lowest BCUT2D eigenvalue weighted by atomic mass is 10.1. The normalized spacial score (nSPS) is 26.8. The molecule has 2 aromatic carbocycles. The fourth-order valence-electron chi connectivity index (χ4n) is 3.36. The molecule has 4 rings (SSSR count). The highest BCUT2D eigenvalue weighted by molar-refractivity contribution is 5.92. The Morgan fingerprint density at radius 1 is 1.05 bits per heavy atom. The monoisotopic (exact) mass is 263 g/mol. The molecule has 2 aromatic rings. The average Bonchev–Trinajstić information content (AvgIpc) is 2.97. The molecule has 1 fully saturated rings. The van der Waals surface area contributed by atoms with Gasteiger partial charge in [-0.15, -0.1) is 0 Å². The van der Waals surface area contributed by atoms with Crippen molar-refractivity contribution < 1.29 is 0 Å². The zero-order valence-electron chi connectivity index (χ0n) is 11.2. The van der Waals surface area contributed by atoms with Gasteiger partial charge in [-0.3, -0.25) is 0 Å². The van der Waals surface area contributed by atoms with Crippen molar-refractivity contribution in [1.29, 1.82) is 0 Å². The van der Waals surface area contributed by atoms with Gasteiger partial charge in [0, 0.05) is 11.6 Å². The van der Waals surface area contributed by atoms with Crippen LogP contribution in [-0.4, -0.2) is 12.0 Å². The molecular formula is C17H17N3. The van der Waals surface area contributed by atoms with Crippen LogP contribution in [-0.2, 0) is 6.42 Å². The van der Waals surface area contributed by atoms with E-state index in [2.05, 4.69) is 34.6 Å². The van der Waals surface area contributed by atoms with E-state index in [1.807, 2.05) is 30.3 Å². The Morgan fingerprint density at radius 3 is 2.65 bits per heavy atom. The van der Waals surface area contributed by atoms with Crippen molar-refractivity contribution in [2.45, 2.75) is 18.4 Å². The molecule has 100 valence electrons. The Bertz CT molecular complexity index is 663. The van der Waals surface area contributed by atoms with Crippen LogP contribution in [0.3, 0.4) is 0 Å². The van der Waals surface area contributed by atoms with Gasteiger partial charge in [-0.25, -0.2) is 4.99 Å². The summed E-state index contributed by atoms with van der Waals surface area (Å²) >= 11 is 0. The molecule has 3 nitrogen and oxygen atoms in total. The molecule has 0 amide bonds. The van der Waals surface area contributed by atoms with E-state index in [1.54, 1.807) is 0 Å². The van der Waals surface area contributed by atoms with E-state index >= 15 is 0 Å². The van der Waals surface area contributed by atoms with Crippen LogP contribution in [0.2, 0.25) is 0 Å². The van der Waals surface area contributed by atoms with Crippen LogP contribution in [0.4, 0.5) is 5.69 Å². The van der Waals surface area contributed by atoms with Crippen LogP contribution < -0.4 is 11.1 Å². The third kappa shape index (κ3) is 1.86. The number of nitrogens with one attached hydrogen (secondary N) is 1. The number of benzene rings is 2. The number of rotatable bonds is 2. The van der Waals surface area contributed by atoms with Gasteiger partial charge in [0.05, 0.1) is 6.04 Å². The van der Waals surface area contributed by atoms with Crippen molar-refractivity contribution in [2.75, 3.05) is 5.32 Å². The minimum absolute atomic E-state index is 0.362. The van der Waals surface area contributed by atoms with Crippen LogP contribution in [0, 0.1) is 5.92 Å². The molecule has 0 aliphatic heterocycles. The Labute approximate surface area is 118 Å². The van der Waals surface area contributed by atoms with Gasteiger partial charge >= 0.3 is 0 Å². The van der Waals surface area contributed by atoms with Gasteiger partial charge in [0.2, 0.25) is 0 Å². The fraction of sp³-hybridized carbons (Fsp3) is 0.235. The zero-order valence-corrected chi connectivity index (χ0v) is 11.2. The third-order valence-electron chi connectivity index (χ3n) is 4.33. The van der Waals surface area contributed by atoms with E-state index in [4.69, 9.17) is 5.73 Å². The highest BCUT2D eigenvalue weighted by atomic mass is 15.1. The van der Waals surface area contributed by atoms with Gasteiger partial charge in [0.1, 0.15) is 0 Å². The summed E-state index contributed by atoms with van der Waals surface area (Å²) in [6.07, 6.45) is 1.15. The van der Waals surface area contributed by atoms with Crippen LogP contribution >= 0.6 is 0 Å². The van der Waals surface area contributed by atoms with Gasteiger partial charge in [-0.1, -0.05) is 42.5 Å². The highest BCUT2D eigenvalue weighted by Crippen LogP contribution is 2.58. The van der Waals surface area contributed by atoms with E-state index in [0.29, 0.717) is 23.8 Å². The number of anilines is 1. The first-order valence-electron chi connectivity index (χ1n) is 7.06. The molecule has 3 atom stereocenters. The van der Waals surface area contributed by atoms with Crippen molar-refractivity contribution in [2.24, 2.45) is 16.6 Å². The number of fused-ring (bicyclic) bond motifs is 3. The van der Waals surface area contributed by atoms with Crippen molar-refractivity contribution in [3.05, 3.63) is 65.7 Å². The summed E-state index contributed by atoms with van der Waals surface area (Å²) in [5.74, 6) is 1.76. The first kappa shape index (κ1) is 11.5. The lowest BCUT2D eigenvalue weighted by Gasteiger charge is -2.07. The summed E-state index contributed by atoms with van der Waals surface area (Å²) in [5.41, 5.74) is 9.96. The van der Waals surface area contributed by atoms with Gasteiger partial charge in [0.15, 0.2) is 5.96 Å². The molecule has 3 N–H and O–H groups in total. The van der Waals surface area contributed by atoms with Crippen LogP contribution in [0.25, 0.3) is 0 Å². The Morgan fingerprint density at radius 2 is 1.80 bits per heavy atom. The van der Waals surface area contributed by atoms with E-state index < -0.39 is 0 Å². The first-order chi connectivity index (χ1) is 9.83. The summed E-state index contributed by atoms with van der Waals surface area (Å²) < 4.78 is 0. The molecule has 0 aromatic heterocycles. The largest absolute Gasteiger partial charge is 0.370 e. The minimum atomic E-state index is 0.362. The predicted octanol–water partition coefficient (Wildman–Crippen LogP) is 2.75. The summed E-state index contributed by atoms with van der Waals surface area (Å²) in [7, 11) is 0. The molecule has 0 radical (unpaired) electrons. The topological polar surface area (TPSA) is 50.4 Å². The summed E-state index contributed by atoms with van der Waals surface area (Å²) in [5, 5.41) is 3.15. The number of hydrogen-bond acceptors (Lipinski definition) is 1. The summed E-state index contributed by atoms with van der Waals surface area (Å²) in [6.45, 7) is 0. The fourth-order valence-corrected chi connectivity index (χ4v) is 3.36. The molecule has 3 unspecified atom stereocenters. The third-order valence-corrected chi connectivity index (χ3v) is 4.33. The molecular weight excluding hydrogens is 246 g/mol. The molecule has 3 heteroatoms. The van der Waals surface area contributed by atoms with Gasteiger partial charge in [-0.05, 0) is 35.6 Å². The zero-order chi connectivity index (χ0) is 13.5. The average molecular weight is 263 g/mol. The van der Waals surface area contributed by atoms with E-state index in [0.717, 1.165) is 12.1 Å².